The van der Waals surface area contributed by atoms with Crippen LogP contribution in [0.5, 0.6) is 0 Å². The highest BCUT2D eigenvalue weighted by molar-refractivity contribution is 6.24. The summed E-state index contributed by atoms with van der Waals surface area (Å²) >= 11 is 0. The van der Waals surface area contributed by atoms with Gasteiger partial charge in [0.25, 0.3) is 5.72 Å². The van der Waals surface area contributed by atoms with Crippen LogP contribution in [0, 0.1) is 5.82 Å². The number of nitrogens with zero attached hydrogens (tertiary/aromatic N) is 2. The number of anilines is 1. The summed E-state index contributed by atoms with van der Waals surface area (Å²) in [6, 6.07) is 10.9. The van der Waals surface area contributed by atoms with Gasteiger partial charge in [0.1, 0.15) is 5.82 Å². The smallest absolute Gasteiger partial charge is 0.341 e. The summed E-state index contributed by atoms with van der Waals surface area (Å²) < 4.78 is 19.0. The second-order valence-corrected chi connectivity index (χ2v) is 5.73. The van der Waals surface area contributed by atoms with Crippen molar-refractivity contribution in [3.8, 4) is 0 Å². The van der Waals surface area contributed by atoms with Crippen molar-refractivity contribution >= 4 is 23.6 Å². The molecule has 2 heterocycles. The van der Waals surface area contributed by atoms with Crippen molar-refractivity contribution in [3.63, 3.8) is 0 Å². The number of hydrogen-bond donors (Lipinski definition) is 0. The second kappa shape index (κ2) is 5.14. The van der Waals surface area contributed by atoms with Crippen LogP contribution in [0.2, 0.25) is 0 Å². The average molecular weight is 340 g/mol. The van der Waals surface area contributed by atoms with Crippen LogP contribution in [0.25, 0.3) is 0 Å². The van der Waals surface area contributed by atoms with Crippen molar-refractivity contribution in [1.82, 2.24) is 4.90 Å². The number of ether oxygens (including phenoxy) is 1. The Balaban J connectivity index is 1.92. The molecule has 0 N–H and O–H groups in total. The minimum atomic E-state index is -1.84. The highest BCUT2D eigenvalue weighted by Crippen LogP contribution is 2.46. The van der Waals surface area contributed by atoms with Crippen molar-refractivity contribution in [2.24, 2.45) is 0 Å². The molecule has 0 aromatic heterocycles. The van der Waals surface area contributed by atoms with Gasteiger partial charge in [-0.2, -0.15) is 0 Å². The second-order valence-electron chi connectivity index (χ2n) is 5.73. The Bertz CT molecular complexity index is 929. The molecule has 1 spiro atoms. The SMILES string of the molecule is CCN1C(=O)N(c2cccc(F)c2)C(=O)C12OC(=O)c1ccccc12. The fourth-order valence-electron chi connectivity index (χ4n) is 3.37. The maximum atomic E-state index is 13.6. The number of rotatable bonds is 2. The summed E-state index contributed by atoms with van der Waals surface area (Å²) in [6.45, 7) is 1.81. The van der Waals surface area contributed by atoms with Gasteiger partial charge in [-0.1, -0.05) is 24.3 Å². The van der Waals surface area contributed by atoms with E-state index in [-0.39, 0.29) is 17.8 Å². The maximum absolute atomic E-state index is 13.6. The van der Waals surface area contributed by atoms with Gasteiger partial charge in [0, 0.05) is 12.1 Å². The Labute approximate surface area is 142 Å². The number of imide groups is 1. The van der Waals surface area contributed by atoms with E-state index in [4.69, 9.17) is 4.74 Å². The molecular weight excluding hydrogens is 327 g/mol. The average Bonchev–Trinajstić information content (AvgIpc) is 3.01. The van der Waals surface area contributed by atoms with Crippen molar-refractivity contribution in [3.05, 3.63) is 65.5 Å². The third-order valence-corrected chi connectivity index (χ3v) is 4.43. The molecule has 2 aromatic rings. The van der Waals surface area contributed by atoms with Crippen molar-refractivity contribution in [2.45, 2.75) is 12.6 Å². The molecule has 2 aromatic carbocycles. The van der Waals surface area contributed by atoms with Crippen LogP contribution in [0.15, 0.2) is 48.5 Å². The lowest BCUT2D eigenvalue weighted by atomic mass is 9.98. The Kier molecular flexibility index (Phi) is 3.15. The number of fused-ring (bicyclic) bond motifs is 2. The molecule has 2 aliphatic heterocycles. The number of amides is 3. The van der Waals surface area contributed by atoms with Crippen LogP contribution in [0.1, 0.15) is 22.8 Å². The number of carbonyl (C=O) groups is 3. The molecule has 0 bridgehead atoms. The lowest BCUT2D eigenvalue weighted by Crippen LogP contribution is -2.47. The molecule has 1 unspecified atom stereocenters. The van der Waals surface area contributed by atoms with Gasteiger partial charge >= 0.3 is 17.9 Å². The molecule has 0 aliphatic carbocycles. The molecule has 1 saturated heterocycles. The van der Waals surface area contributed by atoms with E-state index in [2.05, 4.69) is 0 Å². The number of benzene rings is 2. The van der Waals surface area contributed by atoms with Gasteiger partial charge in [-0.3, -0.25) is 9.69 Å². The summed E-state index contributed by atoms with van der Waals surface area (Å²) in [5.74, 6) is -1.98. The monoisotopic (exact) mass is 340 g/mol. The van der Waals surface area contributed by atoms with E-state index in [1.165, 1.54) is 23.1 Å². The molecule has 25 heavy (non-hydrogen) atoms. The van der Waals surface area contributed by atoms with Gasteiger partial charge in [0.15, 0.2) is 0 Å². The van der Waals surface area contributed by atoms with E-state index >= 15 is 0 Å². The summed E-state index contributed by atoms with van der Waals surface area (Å²) in [5.41, 5.74) is -1.20. The van der Waals surface area contributed by atoms with Gasteiger partial charge in [0.2, 0.25) is 0 Å². The van der Waals surface area contributed by atoms with Gasteiger partial charge < -0.3 is 4.74 Å². The summed E-state index contributed by atoms with van der Waals surface area (Å²) in [4.78, 5) is 40.3. The molecule has 6 nitrogen and oxygen atoms in total. The normalized spacial score (nSPS) is 21.9. The number of hydrogen-bond acceptors (Lipinski definition) is 4. The van der Waals surface area contributed by atoms with Crippen LogP contribution in [-0.2, 0) is 15.3 Å². The minimum Gasteiger partial charge on any atom is -0.421 e. The zero-order chi connectivity index (χ0) is 17.8. The summed E-state index contributed by atoms with van der Waals surface area (Å²) in [7, 11) is 0. The highest BCUT2D eigenvalue weighted by Gasteiger charge is 2.65. The largest absolute Gasteiger partial charge is 0.421 e. The van der Waals surface area contributed by atoms with E-state index in [1.54, 1.807) is 31.2 Å². The van der Waals surface area contributed by atoms with E-state index < -0.39 is 29.4 Å². The first-order valence-corrected chi connectivity index (χ1v) is 7.75. The maximum Gasteiger partial charge on any atom is 0.341 e. The highest BCUT2D eigenvalue weighted by atomic mass is 19.1. The topological polar surface area (TPSA) is 66.9 Å². The molecule has 7 heteroatoms. The van der Waals surface area contributed by atoms with Crippen molar-refractivity contribution < 1.29 is 23.5 Å². The molecule has 0 saturated carbocycles. The zero-order valence-corrected chi connectivity index (χ0v) is 13.2. The minimum absolute atomic E-state index is 0.0887. The predicted octanol–water partition coefficient (Wildman–Crippen LogP) is 2.64. The number of likely N-dealkylation sites (N-methyl/N-ethyl adjacent to an activating group) is 1. The van der Waals surface area contributed by atoms with E-state index in [0.717, 1.165) is 11.0 Å². The Morgan fingerprint density at radius 3 is 2.56 bits per heavy atom. The van der Waals surface area contributed by atoms with Gasteiger partial charge in [-0.15, -0.1) is 0 Å². The lowest BCUT2D eigenvalue weighted by molar-refractivity contribution is -0.147. The number of urea groups is 1. The number of esters is 1. The van der Waals surface area contributed by atoms with Crippen LogP contribution in [-0.4, -0.2) is 29.4 Å². The fraction of sp³-hybridized carbons (Fsp3) is 0.167. The first-order valence-electron chi connectivity index (χ1n) is 7.75. The van der Waals surface area contributed by atoms with Crippen molar-refractivity contribution in [2.75, 3.05) is 11.4 Å². The van der Waals surface area contributed by atoms with E-state index in [1.807, 2.05) is 0 Å². The Hall–Kier alpha value is -3.22. The standard InChI is InChI=1S/C18H13FN2O4/c1-2-20-17(24)21(12-7-5-6-11(19)10-12)16(23)18(20)14-9-4-3-8-13(14)15(22)25-18/h3-10H,2H2,1H3. The predicted molar refractivity (Wildman–Crippen MR) is 85.2 cm³/mol. The molecule has 1 fully saturated rings. The first-order chi connectivity index (χ1) is 12.0. The fourth-order valence-corrected chi connectivity index (χ4v) is 3.37. The van der Waals surface area contributed by atoms with Crippen LogP contribution >= 0.6 is 0 Å². The third-order valence-electron chi connectivity index (χ3n) is 4.43. The molecule has 126 valence electrons. The Morgan fingerprint density at radius 2 is 1.84 bits per heavy atom. The molecule has 2 aliphatic rings. The van der Waals surface area contributed by atoms with E-state index in [0.29, 0.717) is 5.56 Å². The van der Waals surface area contributed by atoms with Crippen LogP contribution < -0.4 is 4.90 Å². The molecular formula is C18H13FN2O4. The lowest BCUT2D eigenvalue weighted by Gasteiger charge is -2.29. The van der Waals surface area contributed by atoms with Crippen molar-refractivity contribution in [1.29, 1.82) is 0 Å². The van der Waals surface area contributed by atoms with E-state index in [9.17, 15) is 18.8 Å². The molecule has 0 radical (unpaired) electrons. The van der Waals surface area contributed by atoms with Gasteiger partial charge in [-0.05, 0) is 31.2 Å². The van der Waals surface area contributed by atoms with Gasteiger partial charge in [-0.25, -0.2) is 18.9 Å². The molecule has 3 amide bonds. The summed E-state index contributed by atoms with van der Waals surface area (Å²) in [5, 5.41) is 0. The first kappa shape index (κ1) is 15.3. The number of carbonyl (C=O) groups excluding carboxylic acids is 3. The zero-order valence-electron chi connectivity index (χ0n) is 13.2. The Morgan fingerprint density at radius 1 is 1.08 bits per heavy atom. The van der Waals surface area contributed by atoms with Crippen LogP contribution in [0.4, 0.5) is 14.9 Å². The van der Waals surface area contributed by atoms with Gasteiger partial charge in [0.05, 0.1) is 11.3 Å². The number of halogens is 1. The third kappa shape index (κ3) is 1.86. The summed E-state index contributed by atoms with van der Waals surface area (Å²) in [6.07, 6.45) is 0. The molecule has 1 atom stereocenters. The molecule has 4 rings (SSSR count). The van der Waals surface area contributed by atoms with Crippen LogP contribution in [0.3, 0.4) is 0 Å². The quantitative estimate of drug-likeness (QED) is 0.623.